The number of H-pyrrole nitrogens is 2. The van der Waals surface area contributed by atoms with Crippen LogP contribution in [0.5, 0.6) is 0 Å². The molecule has 2 aliphatic heterocycles. The highest BCUT2D eigenvalue weighted by Crippen LogP contribution is 2.41. The number of imidazole rings is 2. The Kier molecular flexibility index (Phi) is 11.0. The maximum absolute atomic E-state index is 13.6. The third-order valence-corrected chi connectivity index (χ3v) is 12.3. The Bertz CT molecular complexity index is 1910. The van der Waals surface area contributed by atoms with Gasteiger partial charge in [-0.2, -0.15) is 0 Å². The summed E-state index contributed by atoms with van der Waals surface area (Å²) in [6, 6.07) is 6.39. The maximum atomic E-state index is 13.6. The minimum atomic E-state index is -1.12. The van der Waals surface area contributed by atoms with Crippen LogP contribution in [0.1, 0.15) is 77.1 Å². The van der Waals surface area contributed by atoms with Crippen LogP contribution in [0.15, 0.2) is 36.7 Å². The van der Waals surface area contributed by atoms with Gasteiger partial charge in [0.15, 0.2) is 0 Å². The maximum Gasteiger partial charge on any atom is 0.407 e. The average Bonchev–Trinajstić information content (AvgIpc) is 3.96. The Morgan fingerprint density at radius 2 is 1.31 bits per heavy atom. The smallest absolute Gasteiger partial charge is 0.407 e. The number of rotatable bonds is 11. The first-order valence-corrected chi connectivity index (χ1v) is 19.2. The van der Waals surface area contributed by atoms with Crippen LogP contribution in [0.2, 0.25) is 0 Å². The van der Waals surface area contributed by atoms with Gasteiger partial charge in [-0.15, -0.1) is 22.7 Å². The van der Waals surface area contributed by atoms with E-state index in [1.165, 1.54) is 14.2 Å². The fraction of sp³-hybridized carbons (Fsp3) is 0.500. The molecule has 278 valence electrons. The number of aromatic nitrogens is 4. The number of nitrogens with one attached hydrogen (secondary N) is 3. The lowest BCUT2D eigenvalue weighted by atomic mass is 10.0. The van der Waals surface area contributed by atoms with E-state index in [0.717, 1.165) is 67.3 Å². The first kappa shape index (κ1) is 37.1. The number of likely N-dealkylation sites (tertiary alicyclic amines) is 2. The van der Waals surface area contributed by atoms with E-state index in [1.54, 1.807) is 38.7 Å². The van der Waals surface area contributed by atoms with Crippen molar-refractivity contribution in [3.63, 3.8) is 0 Å². The lowest BCUT2D eigenvalue weighted by molar-refractivity contribution is -0.138. The highest BCUT2D eigenvalue weighted by Gasteiger charge is 2.40. The molecular formula is C36H46N8O6S2. The number of amides is 4. The van der Waals surface area contributed by atoms with E-state index < -0.39 is 24.3 Å². The number of methoxy groups -OCH3 is 1. The molecule has 0 radical (unpaired) electrons. The third-order valence-electron chi connectivity index (χ3n) is 9.87. The average molecular weight is 751 g/mol. The van der Waals surface area contributed by atoms with Gasteiger partial charge in [-0.05, 0) is 61.8 Å². The fourth-order valence-electron chi connectivity index (χ4n) is 7.19. The van der Waals surface area contributed by atoms with Crippen molar-refractivity contribution in [3.8, 4) is 30.9 Å². The Morgan fingerprint density at radius 3 is 1.75 bits per heavy atom. The van der Waals surface area contributed by atoms with Crippen LogP contribution in [0.3, 0.4) is 0 Å². The van der Waals surface area contributed by atoms with E-state index in [4.69, 9.17) is 4.74 Å². The van der Waals surface area contributed by atoms with E-state index in [-0.39, 0.29) is 35.7 Å². The van der Waals surface area contributed by atoms with Gasteiger partial charge in [0.1, 0.15) is 23.7 Å². The van der Waals surface area contributed by atoms with Gasteiger partial charge in [0.25, 0.3) is 0 Å². The first-order valence-electron chi connectivity index (χ1n) is 17.6. The van der Waals surface area contributed by atoms with Crippen molar-refractivity contribution in [3.05, 3.63) is 48.3 Å². The van der Waals surface area contributed by atoms with Gasteiger partial charge in [0.2, 0.25) is 11.8 Å². The molecule has 0 spiro atoms. The van der Waals surface area contributed by atoms with Crippen LogP contribution in [-0.2, 0) is 14.3 Å². The number of carbonyl (C=O) groups is 4. The standard InChI is InChI=1S/C36H46N8O6S2/c1-19(2)29(41-35(47)50-6)33(45)43-15-7-9-23(43)31-37-17-21(39-31)25-11-13-27(51-25)28-14-12-26(52-28)22-18-38-32(40-22)24-10-8-16-44(24)34(46)30(20(3)4)42(5)36(48)49/h11-14,17-20,23-24,29-30H,7-10,15-16H2,1-6H3,(H,37,39)(H,38,40)(H,41,47)(H,48,49)/t23-,24-,29-,30-/m0/s1. The second kappa shape index (κ2) is 15.5. The van der Waals surface area contributed by atoms with Crippen LogP contribution in [0.25, 0.3) is 30.9 Å². The number of hydrogen-bond donors (Lipinski definition) is 4. The lowest BCUT2D eigenvalue weighted by Gasteiger charge is -2.33. The van der Waals surface area contributed by atoms with Crippen LogP contribution in [0, 0.1) is 11.8 Å². The number of alkyl carbamates (subject to hydrolysis) is 1. The normalized spacial score (nSPS) is 18.6. The van der Waals surface area contributed by atoms with E-state index >= 15 is 0 Å². The number of hydrogen-bond acceptors (Lipinski definition) is 9. The number of nitrogens with zero attached hydrogens (tertiary/aromatic N) is 5. The number of aromatic amines is 2. The van der Waals surface area contributed by atoms with Gasteiger partial charge in [-0.1, -0.05) is 27.7 Å². The molecule has 2 fully saturated rings. The predicted octanol–water partition coefficient (Wildman–Crippen LogP) is 6.60. The van der Waals surface area contributed by atoms with Crippen LogP contribution in [-0.4, -0.2) is 103 Å². The van der Waals surface area contributed by atoms with Crippen molar-refractivity contribution < 1.29 is 29.0 Å². The monoisotopic (exact) mass is 750 g/mol. The molecule has 16 heteroatoms. The largest absolute Gasteiger partial charge is 0.465 e. The number of carbonyl (C=O) groups excluding carboxylic acids is 3. The molecule has 4 aromatic rings. The van der Waals surface area contributed by atoms with Gasteiger partial charge in [0.05, 0.1) is 52.7 Å². The Labute approximate surface area is 310 Å². The number of ether oxygens (including phenoxy) is 1. The second-order valence-corrected chi connectivity index (χ2v) is 16.2. The minimum Gasteiger partial charge on any atom is -0.465 e. The van der Waals surface area contributed by atoms with Crippen molar-refractivity contribution in [2.24, 2.45) is 11.8 Å². The lowest BCUT2D eigenvalue weighted by Crippen LogP contribution is -2.51. The minimum absolute atomic E-state index is 0.108. The van der Waals surface area contributed by atoms with Crippen molar-refractivity contribution in [1.29, 1.82) is 0 Å². The van der Waals surface area contributed by atoms with E-state index in [9.17, 15) is 24.3 Å². The quantitative estimate of drug-likeness (QED) is 0.133. The molecule has 0 aromatic carbocycles. The van der Waals surface area contributed by atoms with Crippen LogP contribution in [0.4, 0.5) is 9.59 Å². The molecule has 2 saturated heterocycles. The summed E-state index contributed by atoms with van der Waals surface area (Å²) in [7, 11) is 2.73. The fourth-order valence-corrected chi connectivity index (χ4v) is 9.22. The number of carboxylic acid groups (broad SMARTS) is 1. The summed E-state index contributed by atoms with van der Waals surface area (Å²) >= 11 is 3.29. The summed E-state index contributed by atoms with van der Waals surface area (Å²) in [5, 5.41) is 12.3. The summed E-state index contributed by atoms with van der Waals surface area (Å²) in [6.07, 6.45) is 5.05. The zero-order valence-corrected chi connectivity index (χ0v) is 31.8. The molecule has 52 heavy (non-hydrogen) atoms. The van der Waals surface area contributed by atoms with Gasteiger partial charge >= 0.3 is 12.2 Å². The molecule has 0 saturated carbocycles. The Morgan fingerprint density at radius 1 is 0.827 bits per heavy atom. The molecule has 6 rings (SSSR count). The third kappa shape index (κ3) is 7.44. The van der Waals surface area contributed by atoms with Crippen molar-refractivity contribution in [1.82, 2.24) is 40.0 Å². The summed E-state index contributed by atoms with van der Waals surface area (Å²) < 4.78 is 4.75. The van der Waals surface area contributed by atoms with Gasteiger partial charge < -0.3 is 34.9 Å². The van der Waals surface area contributed by atoms with Crippen molar-refractivity contribution in [2.75, 3.05) is 27.2 Å². The molecule has 0 unspecified atom stereocenters. The number of likely N-dealkylation sites (N-methyl/N-ethyl adjacent to an activating group) is 1. The summed E-state index contributed by atoms with van der Waals surface area (Å²) in [6.45, 7) is 8.67. The molecule has 0 bridgehead atoms. The van der Waals surface area contributed by atoms with Gasteiger partial charge in [-0.25, -0.2) is 19.6 Å². The highest BCUT2D eigenvalue weighted by molar-refractivity contribution is 7.25. The molecule has 0 aliphatic carbocycles. The molecule has 4 amide bonds. The zero-order chi connectivity index (χ0) is 37.3. The first-order chi connectivity index (χ1) is 24.9. The summed E-state index contributed by atoms with van der Waals surface area (Å²) in [5.41, 5.74) is 1.74. The SMILES string of the molecule is COC(=O)N[C@H](C(=O)N1CCC[C@H]1c1ncc(-c2ccc(-c3ccc(-c4cnc([C@@H]5CCCN5C(=O)[C@H](C(C)C)N(C)C(=O)O)[nH]4)s3)s2)[nH]1)C(C)C. The topological polar surface area (TPSA) is 177 Å². The van der Waals surface area contributed by atoms with Crippen LogP contribution < -0.4 is 5.32 Å². The predicted molar refractivity (Wildman–Crippen MR) is 199 cm³/mol. The molecule has 14 nitrogen and oxygen atoms in total. The molecular weight excluding hydrogens is 705 g/mol. The van der Waals surface area contributed by atoms with E-state index in [0.29, 0.717) is 18.9 Å². The van der Waals surface area contributed by atoms with E-state index in [1.807, 2.05) is 33.9 Å². The Hall–Kier alpha value is -4.70. The van der Waals surface area contributed by atoms with Gasteiger partial charge in [-0.3, -0.25) is 14.5 Å². The molecule has 4 atom stereocenters. The molecule has 4 N–H and O–H groups in total. The highest BCUT2D eigenvalue weighted by atomic mass is 32.1. The molecule has 2 aliphatic rings. The zero-order valence-electron chi connectivity index (χ0n) is 30.2. The Balaban J connectivity index is 1.14. The molecule has 6 heterocycles. The van der Waals surface area contributed by atoms with E-state index in [2.05, 4.69) is 49.5 Å². The van der Waals surface area contributed by atoms with Crippen LogP contribution >= 0.6 is 22.7 Å². The molecule has 4 aromatic heterocycles. The number of thiophene rings is 2. The van der Waals surface area contributed by atoms with Crippen molar-refractivity contribution in [2.45, 2.75) is 77.5 Å². The summed E-state index contributed by atoms with van der Waals surface area (Å²) in [4.78, 5) is 76.0. The summed E-state index contributed by atoms with van der Waals surface area (Å²) in [5.74, 6) is 0.803. The van der Waals surface area contributed by atoms with Gasteiger partial charge in [0, 0.05) is 29.9 Å². The van der Waals surface area contributed by atoms with Crippen molar-refractivity contribution >= 4 is 46.7 Å². The second-order valence-electron chi connectivity index (χ2n) is 14.0.